The van der Waals surface area contributed by atoms with Crippen LogP contribution in [0.3, 0.4) is 0 Å². The second-order valence-corrected chi connectivity index (χ2v) is 3.63. The van der Waals surface area contributed by atoms with Crippen LogP contribution >= 0.6 is 0 Å². The fraction of sp³-hybridized carbons (Fsp3) is 0.333. The Kier molecular flexibility index (Phi) is 3.53. The molecule has 0 unspecified atom stereocenters. The predicted octanol–water partition coefficient (Wildman–Crippen LogP) is 2.35. The second kappa shape index (κ2) is 5.30. The first-order valence-electron chi connectivity index (χ1n) is 5.57. The highest BCUT2D eigenvalue weighted by molar-refractivity contribution is 5.42. The molecule has 2 aromatic heterocycles. The Balaban J connectivity index is 2.21. The van der Waals surface area contributed by atoms with Gasteiger partial charge in [0.25, 0.3) is 0 Å². The predicted molar refractivity (Wildman–Crippen MR) is 64.1 cm³/mol. The molecule has 0 bridgehead atoms. The van der Waals surface area contributed by atoms with Crippen molar-refractivity contribution in [2.45, 2.75) is 19.8 Å². The van der Waals surface area contributed by atoms with E-state index in [1.165, 1.54) is 6.42 Å². The van der Waals surface area contributed by atoms with E-state index in [1.807, 2.05) is 29.5 Å². The van der Waals surface area contributed by atoms with Crippen molar-refractivity contribution in [3.05, 3.63) is 43.2 Å². The minimum Gasteiger partial charge on any atom is -0.279 e. The van der Waals surface area contributed by atoms with Gasteiger partial charge in [-0.2, -0.15) is 0 Å². The van der Waals surface area contributed by atoms with Gasteiger partial charge in [0.1, 0.15) is 6.33 Å². The van der Waals surface area contributed by atoms with Crippen molar-refractivity contribution in [2.75, 3.05) is 11.6 Å². The smallest absolute Gasteiger partial charge is 0.114 e. The van der Waals surface area contributed by atoms with Gasteiger partial charge in [-0.05, 0) is 18.6 Å². The maximum Gasteiger partial charge on any atom is 0.114 e. The number of hydrogen-bond acceptors (Lipinski definition) is 3. The zero-order chi connectivity index (χ0) is 11.2. The van der Waals surface area contributed by atoms with Crippen LogP contribution in [-0.2, 0) is 0 Å². The molecule has 0 aromatic carbocycles. The summed E-state index contributed by atoms with van der Waals surface area (Å²) in [5.74, 6) is 0. The molecule has 2 rings (SSSR count). The summed E-state index contributed by atoms with van der Waals surface area (Å²) in [6, 6.07) is 4.01. The van der Waals surface area contributed by atoms with E-state index in [9.17, 15) is 0 Å². The van der Waals surface area contributed by atoms with Gasteiger partial charge >= 0.3 is 0 Å². The van der Waals surface area contributed by atoms with E-state index >= 15 is 0 Å². The van der Waals surface area contributed by atoms with E-state index < -0.39 is 0 Å². The molecule has 0 aliphatic rings. The Morgan fingerprint density at radius 2 is 2.25 bits per heavy atom. The summed E-state index contributed by atoms with van der Waals surface area (Å²) in [6.07, 6.45) is 11.5. The lowest BCUT2D eigenvalue weighted by atomic mass is 10.3. The van der Waals surface area contributed by atoms with E-state index in [0.717, 1.165) is 18.7 Å². The van der Waals surface area contributed by atoms with Crippen molar-refractivity contribution in [3.8, 4) is 0 Å². The van der Waals surface area contributed by atoms with E-state index in [-0.39, 0.29) is 0 Å². The summed E-state index contributed by atoms with van der Waals surface area (Å²) in [5.41, 5.74) is 1.09. The molecule has 0 aliphatic heterocycles. The van der Waals surface area contributed by atoms with Crippen molar-refractivity contribution in [2.24, 2.45) is 0 Å². The Hall–Kier alpha value is -1.84. The summed E-state index contributed by atoms with van der Waals surface area (Å²) >= 11 is 0. The molecule has 2 heterocycles. The molecule has 0 fully saturated rings. The number of rotatable bonds is 5. The molecule has 4 heteroatoms. The number of unbranched alkanes of at least 4 members (excludes halogenated alkanes) is 1. The van der Waals surface area contributed by atoms with E-state index in [0.29, 0.717) is 0 Å². The molecule has 0 N–H and O–H groups in total. The first kappa shape index (κ1) is 10.7. The highest BCUT2D eigenvalue weighted by Gasteiger charge is 2.06. The van der Waals surface area contributed by atoms with Crippen molar-refractivity contribution in [3.63, 3.8) is 0 Å². The molecule has 2 aromatic rings. The van der Waals surface area contributed by atoms with Gasteiger partial charge in [-0.1, -0.05) is 13.3 Å². The fourth-order valence-corrected chi connectivity index (χ4v) is 1.59. The van der Waals surface area contributed by atoms with Crippen LogP contribution in [0.15, 0.2) is 43.2 Å². The maximum atomic E-state index is 4.15. The first-order chi connectivity index (χ1) is 7.92. The normalized spacial score (nSPS) is 10.3. The van der Waals surface area contributed by atoms with Crippen LogP contribution in [0.1, 0.15) is 19.8 Å². The quantitative estimate of drug-likeness (QED) is 0.769. The molecule has 84 valence electrons. The zero-order valence-corrected chi connectivity index (χ0v) is 9.45. The van der Waals surface area contributed by atoms with Crippen LogP contribution < -0.4 is 5.01 Å². The van der Waals surface area contributed by atoms with Gasteiger partial charge in [-0.25, -0.2) is 9.66 Å². The standard InChI is InChI=1S/C12H16N4/c1-2-3-8-16(15-9-7-14-11-15)12-5-4-6-13-10-12/h4-7,9-11H,2-3,8H2,1H3. The number of imidazole rings is 1. The minimum absolute atomic E-state index is 0.971. The third-order valence-electron chi connectivity index (χ3n) is 2.44. The molecular formula is C12H16N4. The van der Waals surface area contributed by atoms with E-state index in [2.05, 4.69) is 28.0 Å². The minimum atomic E-state index is 0.971. The highest BCUT2D eigenvalue weighted by atomic mass is 15.5. The molecular weight excluding hydrogens is 200 g/mol. The number of aromatic nitrogens is 3. The molecule has 0 amide bonds. The average Bonchev–Trinajstić information content (AvgIpc) is 2.85. The molecule has 0 atom stereocenters. The largest absolute Gasteiger partial charge is 0.279 e. The number of anilines is 1. The van der Waals surface area contributed by atoms with Crippen LogP contribution in [0, 0.1) is 0 Å². The molecule has 0 saturated carbocycles. The van der Waals surface area contributed by atoms with Crippen LogP contribution in [0.25, 0.3) is 0 Å². The maximum absolute atomic E-state index is 4.15. The number of nitrogens with zero attached hydrogens (tertiary/aromatic N) is 4. The lowest BCUT2D eigenvalue weighted by Crippen LogP contribution is -2.29. The number of pyridine rings is 1. The average molecular weight is 216 g/mol. The third-order valence-corrected chi connectivity index (χ3v) is 2.44. The van der Waals surface area contributed by atoms with Crippen molar-refractivity contribution >= 4 is 5.69 Å². The summed E-state index contributed by atoms with van der Waals surface area (Å²) in [6.45, 7) is 3.16. The molecule has 0 radical (unpaired) electrons. The summed E-state index contributed by atoms with van der Waals surface area (Å²) in [4.78, 5) is 8.23. The zero-order valence-electron chi connectivity index (χ0n) is 9.45. The summed E-state index contributed by atoms with van der Waals surface area (Å²) in [5, 5.41) is 2.17. The van der Waals surface area contributed by atoms with Crippen molar-refractivity contribution < 1.29 is 0 Å². The Bertz CT molecular complexity index is 396. The van der Waals surface area contributed by atoms with Crippen molar-refractivity contribution in [1.29, 1.82) is 0 Å². The van der Waals surface area contributed by atoms with Gasteiger partial charge in [0.05, 0.1) is 11.9 Å². The lowest BCUT2D eigenvalue weighted by molar-refractivity contribution is 0.646. The molecule has 0 saturated heterocycles. The van der Waals surface area contributed by atoms with Crippen LogP contribution in [0.5, 0.6) is 0 Å². The lowest BCUT2D eigenvalue weighted by Gasteiger charge is -2.24. The van der Waals surface area contributed by atoms with Crippen LogP contribution in [-0.4, -0.2) is 21.2 Å². The summed E-state index contributed by atoms with van der Waals surface area (Å²) < 4.78 is 1.99. The van der Waals surface area contributed by atoms with Gasteiger partial charge in [-0.15, -0.1) is 0 Å². The fourth-order valence-electron chi connectivity index (χ4n) is 1.59. The first-order valence-corrected chi connectivity index (χ1v) is 5.57. The Morgan fingerprint density at radius 3 is 2.88 bits per heavy atom. The summed E-state index contributed by atoms with van der Waals surface area (Å²) in [7, 11) is 0. The Labute approximate surface area is 95.5 Å². The Morgan fingerprint density at radius 1 is 1.31 bits per heavy atom. The SMILES string of the molecule is CCCCN(c1cccnc1)n1ccnc1. The van der Waals surface area contributed by atoms with Gasteiger partial charge in [0.2, 0.25) is 0 Å². The topological polar surface area (TPSA) is 34.0 Å². The monoisotopic (exact) mass is 216 g/mol. The molecule has 0 aliphatic carbocycles. The van der Waals surface area contributed by atoms with Gasteiger partial charge in [-0.3, -0.25) is 9.99 Å². The van der Waals surface area contributed by atoms with E-state index in [1.54, 1.807) is 12.4 Å². The molecule has 4 nitrogen and oxygen atoms in total. The molecule has 0 spiro atoms. The number of hydrogen-bond donors (Lipinski definition) is 0. The van der Waals surface area contributed by atoms with Crippen LogP contribution in [0.4, 0.5) is 5.69 Å². The van der Waals surface area contributed by atoms with E-state index in [4.69, 9.17) is 0 Å². The van der Waals surface area contributed by atoms with Gasteiger partial charge < -0.3 is 0 Å². The van der Waals surface area contributed by atoms with Crippen LogP contribution in [0.2, 0.25) is 0 Å². The second-order valence-electron chi connectivity index (χ2n) is 3.63. The van der Waals surface area contributed by atoms with Crippen molar-refractivity contribution in [1.82, 2.24) is 14.6 Å². The van der Waals surface area contributed by atoms with Gasteiger partial charge in [0.15, 0.2) is 0 Å². The third kappa shape index (κ3) is 2.39. The highest BCUT2D eigenvalue weighted by Crippen LogP contribution is 2.13. The molecule has 16 heavy (non-hydrogen) atoms. The van der Waals surface area contributed by atoms with Gasteiger partial charge in [0, 0.05) is 25.1 Å².